The number of aromatic carboxylic acids is 1. The second-order valence-electron chi connectivity index (χ2n) is 5.02. The van der Waals surface area contributed by atoms with Crippen LogP contribution in [0, 0.1) is 0 Å². The summed E-state index contributed by atoms with van der Waals surface area (Å²) >= 11 is 3.40. The number of unbranched alkanes of at least 4 members (excludes halogenated alkanes) is 7. The minimum Gasteiger partial charge on any atom is -0.478 e. The summed E-state index contributed by atoms with van der Waals surface area (Å²) in [6.07, 6.45) is 12.0. The first-order chi connectivity index (χ1) is 9.15. The van der Waals surface area contributed by atoms with Crippen molar-refractivity contribution in [3.05, 3.63) is 22.4 Å². The first-order valence-corrected chi connectivity index (χ1v) is 8.03. The van der Waals surface area contributed by atoms with Crippen LogP contribution in [-0.2, 0) is 6.54 Å². The lowest BCUT2D eigenvalue weighted by Crippen LogP contribution is -1.98. The molecule has 0 saturated carbocycles. The van der Waals surface area contributed by atoms with Crippen molar-refractivity contribution in [2.45, 2.75) is 64.8 Å². The molecule has 0 amide bonds. The molecule has 108 valence electrons. The highest BCUT2D eigenvalue weighted by atomic mass is 79.9. The Balaban J connectivity index is 2.14. The second kappa shape index (κ2) is 9.18. The van der Waals surface area contributed by atoms with Crippen LogP contribution < -0.4 is 0 Å². The molecule has 1 N–H and O–H groups in total. The van der Waals surface area contributed by atoms with Gasteiger partial charge in [-0.25, -0.2) is 4.79 Å². The molecule has 1 aromatic rings. The topological polar surface area (TPSA) is 42.2 Å². The summed E-state index contributed by atoms with van der Waals surface area (Å²) in [7, 11) is 0. The SMILES string of the molecule is CCCCCCCCCCn1cc(C(=O)O)cc1Br. The van der Waals surface area contributed by atoms with Crippen LogP contribution in [0.15, 0.2) is 16.9 Å². The summed E-state index contributed by atoms with van der Waals surface area (Å²) in [6.45, 7) is 3.13. The zero-order valence-electron chi connectivity index (χ0n) is 11.7. The predicted molar refractivity (Wildman–Crippen MR) is 81.7 cm³/mol. The number of carboxylic acids is 1. The highest BCUT2D eigenvalue weighted by Crippen LogP contribution is 2.17. The summed E-state index contributed by atoms with van der Waals surface area (Å²) < 4.78 is 2.83. The second-order valence-corrected chi connectivity index (χ2v) is 5.84. The fourth-order valence-corrected chi connectivity index (χ4v) is 2.71. The molecule has 0 bridgehead atoms. The van der Waals surface area contributed by atoms with Gasteiger partial charge < -0.3 is 9.67 Å². The quantitative estimate of drug-likeness (QED) is 0.607. The zero-order valence-corrected chi connectivity index (χ0v) is 13.3. The molecule has 1 rings (SSSR count). The van der Waals surface area contributed by atoms with Crippen molar-refractivity contribution in [3.63, 3.8) is 0 Å². The van der Waals surface area contributed by atoms with Gasteiger partial charge in [0.05, 0.1) is 10.2 Å². The van der Waals surface area contributed by atoms with E-state index in [2.05, 4.69) is 22.9 Å². The van der Waals surface area contributed by atoms with Gasteiger partial charge in [-0.15, -0.1) is 0 Å². The fraction of sp³-hybridized carbons (Fsp3) is 0.667. The van der Waals surface area contributed by atoms with Crippen molar-refractivity contribution >= 4 is 21.9 Å². The average Bonchev–Trinajstić information content (AvgIpc) is 2.74. The normalized spacial score (nSPS) is 10.8. The van der Waals surface area contributed by atoms with Crippen LogP contribution in [0.5, 0.6) is 0 Å². The molecule has 1 aromatic heterocycles. The molecule has 0 fully saturated rings. The molecule has 1 heterocycles. The van der Waals surface area contributed by atoms with E-state index in [1.54, 1.807) is 12.3 Å². The Morgan fingerprint density at radius 2 is 1.74 bits per heavy atom. The van der Waals surface area contributed by atoms with E-state index in [-0.39, 0.29) is 0 Å². The number of aryl methyl sites for hydroxylation is 1. The van der Waals surface area contributed by atoms with E-state index in [1.807, 2.05) is 4.57 Å². The highest BCUT2D eigenvalue weighted by molar-refractivity contribution is 9.10. The molecule has 0 saturated heterocycles. The van der Waals surface area contributed by atoms with Gasteiger partial charge in [0.1, 0.15) is 0 Å². The largest absolute Gasteiger partial charge is 0.478 e. The molecular formula is C15H24BrNO2. The molecular weight excluding hydrogens is 306 g/mol. The summed E-state index contributed by atoms with van der Waals surface area (Å²) in [5.41, 5.74) is 0.353. The van der Waals surface area contributed by atoms with Crippen LogP contribution in [0.2, 0.25) is 0 Å². The standard InChI is InChI=1S/C15H24BrNO2/c1-2-3-4-5-6-7-8-9-10-17-12-13(15(18)19)11-14(17)16/h11-12H,2-10H2,1H3,(H,18,19). The smallest absolute Gasteiger partial charge is 0.337 e. The van der Waals surface area contributed by atoms with Gasteiger partial charge in [-0.1, -0.05) is 51.9 Å². The van der Waals surface area contributed by atoms with E-state index in [9.17, 15) is 4.79 Å². The number of rotatable bonds is 10. The maximum atomic E-state index is 10.8. The van der Waals surface area contributed by atoms with Crippen molar-refractivity contribution in [1.29, 1.82) is 0 Å². The van der Waals surface area contributed by atoms with E-state index in [0.717, 1.165) is 17.6 Å². The summed E-state index contributed by atoms with van der Waals surface area (Å²) in [5.74, 6) is -0.865. The maximum Gasteiger partial charge on any atom is 0.337 e. The van der Waals surface area contributed by atoms with Crippen LogP contribution >= 0.6 is 15.9 Å². The van der Waals surface area contributed by atoms with Gasteiger partial charge in [0.2, 0.25) is 0 Å². The Hall–Kier alpha value is -0.770. The number of carboxylic acid groups (broad SMARTS) is 1. The molecule has 3 nitrogen and oxygen atoms in total. The lowest BCUT2D eigenvalue weighted by atomic mass is 10.1. The minimum absolute atomic E-state index is 0.353. The molecule has 0 aliphatic carbocycles. The van der Waals surface area contributed by atoms with Gasteiger partial charge in [0, 0.05) is 12.7 Å². The van der Waals surface area contributed by atoms with Crippen LogP contribution in [-0.4, -0.2) is 15.6 Å². The van der Waals surface area contributed by atoms with Crippen LogP contribution in [0.3, 0.4) is 0 Å². The number of hydrogen-bond donors (Lipinski definition) is 1. The average molecular weight is 330 g/mol. The first-order valence-electron chi connectivity index (χ1n) is 7.24. The summed E-state index contributed by atoms with van der Waals surface area (Å²) in [5, 5.41) is 8.90. The van der Waals surface area contributed by atoms with E-state index >= 15 is 0 Å². The molecule has 0 spiro atoms. The van der Waals surface area contributed by atoms with Crippen molar-refractivity contribution in [2.75, 3.05) is 0 Å². The van der Waals surface area contributed by atoms with Gasteiger partial charge in [-0.05, 0) is 28.4 Å². The van der Waals surface area contributed by atoms with Gasteiger partial charge in [-0.2, -0.15) is 0 Å². The molecule has 0 atom stereocenters. The third kappa shape index (κ3) is 6.28. The van der Waals surface area contributed by atoms with Crippen LogP contribution in [0.1, 0.15) is 68.6 Å². The van der Waals surface area contributed by atoms with Crippen molar-refractivity contribution in [3.8, 4) is 0 Å². The fourth-order valence-electron chi connectivity index (χ4n) is 2.18. The first kappa shape index (κ1) is 16.3. The Labute approximate surface area is 124 Å². The zero-order chi connectivity index (χ0) is 14.1. The molecule has 0 aliphatic heterocycles. The van der Waals surface area contributed by atoms with E-state index < -0.39 is 5.97 Å². The molecule has 0 radical (unpaired) electrons. The monoisotopic (exact) mass is 329 g/mol. The summed E-state index contributed by atoms with van der Waals surface area (Å²) in [6, 6.07) is 1.66. The van der Waals surface area contributed by atoms with Gasteiger partial charge in [0.15, 0.2) is 0 Å². The van der Waals surface area contributed by atoms with Crippen LogP contribution in [0.4, 0.5) is 0 Å². The highest BCUT2D eigenvalue weighted by Gasteiger charge is 2.08. The van der Waals surface area contributed by atoms with Gasteiger partial charge in [0.25, 0.3) is 0 Å². The molecule has 0 unspecified atom stereocenters. The maximum absolute atomic E-state index is 10.8. The Morgan fingerprint density at radius 3 is 2.26 bits per heavy atom. The number of nitrogens with zero attached hydrogens (tertiary/aromatic N) is 1. The predicted octanol–water partition coefficient (Wildman–Crippen LogP) is 5.09. The van der Waals surface area contributed by atoms with Crippen LogP contribution in [0.25, 0.3) is 0 Å². The van der Waals surface area contributed by atoms with Gasteiger partial charge in [-0.3, -0.25) is 0 Å². The van der Waals surface area contributed by atoms with E-state index in [0.29, 0.717) is 5.56 Å². The van der Waals surface area contributed by atoms with Crippen molar-refractivity contribution in [2.24, 2.45) is 0 Å². The number of halogens is 1. The number of carbonyl (C=O) groups is 1. The summed E-state index contributed by atoms with van der Waals surface area (Å²) in [4.78, 5) is 10.8. The molecule has 0 aromatic carbocycles. The Morgan fingerprint density at radius 1 is 1.16 bits per heavy atom. The molecule has 4 heteroatoms. The Bertz CT molecular complexity index is 387. The third-order valence-corrected chi connectivity index (χ3v) is 4.03. The molecule has 0 aliphatic rings. The van der Waals surface area contributed by atoms with E-state index in [1.165, 1.54) is 44.9 Å². The lowest BCUT2D eigenvalue weighted by Gasteiger charge is -2.05. The van der Waals surface area contributed by atoms with E-state index in [4.69, 9.17) is 5.11 Å². The number of aromatic nitrogens is 1. The van der Waals surface area contributed by atoms with Gasteiger partial charge >= 0.3 is 5.97 Å². The van der Waals surface area contributed by atoms with Crippen molar-refractivity contribution < 1.29 is 9.90 Å². The third-order valence-electron chi connectivity index (χ3n) is 3.34. The Kier molecular flexibility index (Phi) is 7.87. The number of hydrogen-bond acceptors (Lipinski definition) is 1. The minimum atomic E-state index is -0.865. The lowest BCUT2D eigenvalue weighted by molar-refractivity contribution is 0.0697. The molecule has 19 heavy (non-hydrogen) atoms. The van der Waals surface area contributed by atoms with Crippen molar-refractivity contribution in [1.82, 2.24) is 4.57 Å².